The molecule has 0 spiro atoms. The maximum absolute atomic E-state index is 11.0. The van der Waals surface area contributed by atoms with Crippen LogP contribution in [-0.4, -0.2) is 11.3 Å². The number of carbonyl (C=O) groups excluding carboxylic acids is 1. The molecule has 0 atom stereocenters. The molecule has 86 valence electrons. The van der Waals surface area contributed by atoms with E-state index in [1.807, 2.05) is 6.92 Å². The number of thiazole rings is 1. The maximum atomic E-state index is 11.0. The Bertz CT molecular complexity index is 586. The quantitative estimate of drug-likeness (QED) is 0.756. The van der Waals surface area contributed by atoms with Gasteiger partial charge in [-0.25, -0.2) is 4.98 Å². The summed E-state index contributed by atoms with van der Waals surface area (Å²) in [5, 5.41) is 0.947. The van der Waals surface area contributed by atoms with Gasteiger partial charge in [-0.3, -0.25) is 4.79 Å². The highest BCUT2D eigenvalue weighted by molar-refractivity contribution is 7.13. The van der Waals surface area contributed by atoms with Crippen LogP contribution in [0, 0.1) is 6.92 Å². The topological polar surface area (TPSA) is 30.0 Å². The minimum atomic E-state index is 0.737. The Morgan fingerprint density at radius 1 is 1.29 bits per heavy atom. The van der Waals surface area contributed by atoms with Gasteiger partial charge in [-0.1, -0.05) is 12.1 Å². The summed E-state index contributed by atoms with van der Waals surface area (Å²) < 4.78 is 0. The zero-order valence-corrected chi connectivity index (χ0v) is 10.5. The first-order valence-electron chi connectivity index (χ1n) is 5.82. The van der Waals surface area contributed by atoms with E-state index in [2.05, 4.69) is 23.2 Å². The fraction of sp³-hybridized carbons (Fsp3) is 0.286. The minimum Gasteiger partial charge on any atom is -0.297 e. The molecule has 1 aromatic heterocycles. The molecule has 3 heteroatoms. The van der Waals surface area contributed by atoms with Crippen LogP contribution in [0.2, 0.25) is 0 Å². The third-order valence-electron chi connectivity index (χ3n) is 3.24. The second-order valence-corrected chi connectivity index (χ2v) is 5.64. The van der Waals surface area contributed by atoms with Gasteiger partial charge >= 0.3 is 0 Å². The number of aryl methyl sites for hydroxylation is 3. The first-order valence-corrected chi connectivity index (χ1v) is 6.64. The van der Waals surface area contributed by atoms with Crippen molar-refractivity contribution in [1.29, 1.82) is 0 Å². The highest BCUT2D eigenvalue weighted by Gasteiger charge is 2.15. The van der Waals surface area contributed by atoms with Gasteiger partial charge in [-0.05, 0) is 43.4 Å². The van der Waals surface area contributed by atoms with Gasteiger partial charge in [0.1, 0.15) is 0 Å². The molecule has 2 aromatic rings. The third kappa shape index (κ3) is 1.80. The van der Waals surface area contributed by atoms with Crippen molar-refractivity contribution < 1.29 is 4.79 Å². The highest BCUT2D eigenvalue weighted by Crippen LogP contribution is 2.31. The lowest BCUT2D eigenvalue weighted by atomic mass is 10.0. The van der Waals surface area contributed by atoms with Crippen LogP contribution in [-0.2, 0) is 12.8 Å². The Labute approximate surface area is 104 Å². The molecule has 0 fully saturated rings. The predicted octanol–water partition coefficient (Wildman–Crippen LogP) is 3.42. The molecule has 17 heavy (non-hydrogen) atoms. The van der Waals surface area contributed by atoms with Crippen molar-refractivity contribution in [1.82, 2.24) is 4.98 Å². The maximum Gasteiger partial charge on any atom is 0.162 e. The number of carbonyl (C=O) groups is 1. The molecule has 0 saturated carbocycles. The minimum absolute atomic E-state index is 0.737. The lowest BCUT2D eigenvalue weighted by Crippen LogP contribution is -1.87. The standard InChI is InChI=1S/C14H13NOS/c1-9-15-14(13(8-16)17-9)12-6-5-10-3-2-4-11(10)7-12/h5-8H,2-4H2,1H3. The predicted molar refractivity (Wildman–Crippen MR) is 69.7 cm³/mol. The smallest absolute Gasteiger partial charge is 0.162 e. The molecule has 0 amide bonds. The average molecular weight is 243 g/mol. The number of benzene rings is 1. The number of hydrogen-bond acceptors (Lipinski definition) is 3. The first-order chi connectivity index (χ1) is 8.28. The summed E-state index contributed by atoms with van der Waals surface area (Å²) in [7, 11) is 0. The van der Waals surface area contributed by atoms with Crippen molar-refractivity contribution in [3.05, 3.63) is 39.2 Å². The normalized spacial score (nSPS) is 13.7. The molecule has 3 rings (SSSR count). The molecule has 1 heterocycles. The van der Waals surface area contributed by atoms with Crippen LogP contribution in [0.1, 0.15) is 32.2 Å². The SMILES string of the molecule is Cc1nc(-c2ccc3c(c2)CCC3)c(C=O)s1. The molecule has 0 N–H and O–H groups in total. The number of aromatic nitrogens is 1. The Hall–Kier alpha value is -1.48. The van der Waals surface area contributed by atoms with E-state index in [1.165, 1.54) is 35.3 Å². The summed E-state index contributed by atoms with van der Waals surface area (Å²) >= 11 is 1.46. The Morgan fingerprint density at radius 2 is 2.12 bits per heavy atom. The Kier molecular flexibility index (Phi) is 2.56. The van der Waals surface area contributed by atoms with Crippen molar-refractivity contribution in [3.8, 4) is 11.3 Å². The number of rotatable bonds is 2. The molecule has 0 radical (unpaired) electrons. The van der Waals surface area contributed by atoms with Crippen LogP contribution in [0.25, 0.3) is 11.3 Å². The molecule has 2 nitrogen and oxygen atoms in total. The molecule has 1 aromatic carbocycles. The molecule has 0 aliphatic heterocycles. The van der Waals surface area contributed by atoms with Crippen molar-refractivity contribution in [2.45, 2.75) is 26.2 Å². The van der Waals surface area contributed by atoms with E-state index >= 15 is 0 Å². The monoisotopic (exact) mass is 243 g/mol. The molecule has 0 unspecified atom stereocenters. The van der Waals surface area contributed by atoms with Crippen LogP contribution in [0.3, 0.4) is 0 Å². The number of nitrogens with zero attached hydrogens (tertiary/aromatic N) is 1. The van der Waals surface area contributed by atoms with E-state index in [4.69, 9.17) is 0 Å². The molecular weight excluding hydrogens is 230 g/mol. The van der Waals surface area contributed by atoms with E-state index < -0.39 is 0 Å². The lowest BCUT2D eigenvalue weighted by Gasteiger charge is -2.03. The molecule has 1 aliphatic carbocycles. The summed E-state index contributed by atoms with van der Waals surface area (Å²) in [4.78, 5) is 16.2. The first kappa shape index (κ1) is 10.7. The van der Waals surface area contributed by atoms with Crippen molar-refractivity contribution >= 4 is 17.6 Å². The van der Waals surface area contributed by atoms with Gasteiger partial charge in [0.05, 0.1) is 15.6 Å². The van der Waals surface area contributed by atoms with Crippen molar-refractivity contribution in [2.24, 2.45) is 0 Å². The zero-order valence-electron chi connectivity index (χ0n) is 9.69. The summed E-state index contributed by atoms with van der Waals surface area (Å²) in [6, 6.07) is 6.47. The van der Waals surface area contributed by atoms with Crippen LogP contribution in [0.4, 0.5) is 0 Å². The highest BCUT2D eigenvalue weighted by atomic mass is 32.1. The fourth-order valence-corrected chi connectivity index (χ4v) is 3.21. The van der Waals surface area contributed by atoms with Crippen LogP contribution in [0.5, 0.6) is 0 Å². The average Bonchev–Trinajstić information content (AvgIpc) is 2.93. The van der Waals surface area contributed by atoms with Crippen LogP contribution < -0.4 is 0 Å². The van der Waals surface area contributed by atoms with Gasteiger partial charge < -0.3 is 0 Å². The van der Waals surface area contributed by atoms with Crippen molar-refractivity contribution in [2.75, 3.05) is 0 Å². The molecular formula is C14H13NOS. The van der Waals surface area contributed by atoms with Gasteiger partial charge in [0.2, 0.25) is 0 Å². The summed E-state index contributed by atoms with van der Waals surface area (Å²) in [6.45, 7) is 1.94. The summed E-state index contributed by atoms with van der Waals surface area (Å²) in [5.74, 6) is 0. The van der Waals surface area contributed by atoms with Crippen LogP contribution >= 0.6 is 11.3 Å². The number of aldehydes is 1. The fourth-order valence-electron chi connectivity index (χ4n) is 2.45. The molecule has 0 bridgehead atoms. The van der Waals surface area contributed by atoms with E-state index in [1.54, 1.807) is 0 Å². The summed E-state index contributed by atoms with van der Waals surface area (Å²) in [6.07, 6.45) is 4.50. The van der Waals surface area contributed by atoms with E-state index in [0.29, 0.717) is 0 Å². The second kappa shape index (κ2) is 4.08. The largest absolute Gasteiger partial charge is 0.297 e. The van der Waals surface area contributed by atoms with Gasteiger partial charge in [-0.15, -0.1) is 11.3 Å². The van der Waals surface area contributed by atoms with Gasteiger partial charge in [0.15, 0.2) is 6.29 Å². The van der Waals surface area contributed by atoms with E-state index in [9.17, 15) is 4.79 Å². The van der Waals surface area contributed by atoms with Gasteiger partial charge in [-0.2, -0.15) is 0 Å². The lowest BCUT2D eigenvalue weighted by molar-refractivity contribution is 0.112. The zero-order chi connectivity index (χ0) is 11.8. The Balaban J connectivity index is 2.12. The van der Waals surface area contributed by atoms with Crippen LogP contribution in [0.15, 0.2) is 18.2 Å². The van der Waals surface area contributed by atoms with E-state index in [-0.39, 0.29) is 0 Å². The summed E-state index contributed by atoms with van der Waals surface area (Å²) in [5.41, 5.74) is 4.80. The van der Waals surface area contributed by atoms with Crippen molar-refractivity contribution in [3.63, 3.8) is 0 Å². The Morgan fingerprint density at radius 3 is 2.94 bits per heavy atom. The third-order valence-corrected chi connectivity index (χ3v) is 4.14. The van der Waals surface area contributed by atoms with Gasteiger partial charge in [0.25, 0.3) is 0 Å². The van der Waals surface area contributed by atoms with E-state index in [0.717, 1.165) is 33.8 Å². The molecule has 1 aliphatic rings. The number of fused-ring (bicyclic) bond motifs is 1. The van der Waals surface area contributed by atoms with Gasteiger partial charge in [0, 0.05) is 5.56 Å². The second-order valence-electron chi connectivity index (χ2n) is 4.40. The molecule has 0 saturated heterocycles. The number of hydrogen-bond donors (Lipinski definition) is 0.